The zero-order valence-electron chi connectivity index (χ0n) is 8.30. The maximum absolute atomic E-state index is 11.6. The second-order valence-electron chi connectivity index (χ2n) is 3.16. The molecule has 0 aliphatic rings. The molecule has 0 unspecified atom stereocenters. The lowest BCUT2D eigenvalue weighted by Gasteiger charge is -2.00. The molecule has 0 bridgehead atoms. The SMILES string of the molecule is CCn1c(=O)cnc(=O)c2ccccc21. The highest BCUT2D eigenvalue weighted by Gasteiger charge is 2.01. The number of aromatic nitrogens is 2. The minimum Gasteiger partial charge on any atom is -0.307 e. The molecule has 0 saturated carbocycles. The standard InChI is InChI=1S/C11H10N2O2/c1-2-13-9-6-4-3-5-8(9)11(15)12-7-10(13)14/h3-7H,2H2,1H3. The second kappa shape index (κ2) is 3.65. The Labute approximate surface area is 85.8 Å². The van der Waals surface area contributed by atoms with Crippen molar-refractivity contribution in [1.29, 1.82) is 0 Å². The molecule has 2 aromatic rings. The first-order valence-electron chi connectivity index (χ1n) is 4.73. The van der Waals surface area contributed by atoms with E-state index in [1.807, 2.05) is 6.92 Å². The van der Waals surface area contributed by atoms with Crippen molar-refractivity contribution in [1.82, 2.24) is 9.55 Å². The van der Waals surface area contributed by atoms with Gasteiger partial charge in [0.05, 0.1) is 17.1 Å². The number of nitrogens with zero attached hydrogens (tertiary/aromatic N) is 2. The van der Waals surface area contributed by atoms with Gasteiger partial charge in [-0.2, -0.15) is 0 Å². The molecule has 1 aromatic heterocycles. The van der Waals surface area contributed by atoms with Gasteiger partial charge in [0.2, 0.25) is 0 Å². The van der Waals surface area contributed by atoms with Crippen molar-refractivity contribution in [3.63, 3.8) is 0 Å². The van der Waals surface area contributed by atoms with Crippen molar-refractivity contribution in [3.8, 4) is 0 Å². The zero-order chi connectivity index (χ0) is 10.8. The van der Waals surface area contributed by atoms with E-state index in [0.717, 1.165) is 6.20 Å². The maximum atomic E-state index is 11.6. The number of fused-ring (bicyclic) bond motifs is 1. The van der Waals surface area contributed by atoms with Crippen LogP contribution in [0.25, 0.3) is 10.9 Å². The monoisotopic (exact) mass is 202 g/mol. The van der Waals surface area contributed by atoms with Crippen LogP contribution >= 0.6 is 0 Å². The van der Waals surface area contributed by atoms with Gasteiger partial charge in [-0.15, -0.1) is 0 Å². The lowest BCUT2D eigenvalue weighted by atomic mass is 10.2. The molecule has 4 heteroatoms. The summed E-state index contributed by atoms with van der Waals surface area (Å²) in [5.74, 6) is 0. The molecule has 0 atom stereocenters. The minimum absolute atomic E-state index is 0.254. The van der Waals surface area contributed by atoms with Crippen LogP contribution in [0.5, 0.6) is 0 Å². The molecule has 0 amide bonds. The Morgan fingerprint density at radius 2 is 2.00 bits per heavy atom. The third kappa shape index (κ3) is 1.54. The first-order chi connectivity index (χ1) is 7.24. The van der Waals surface area contributed by atoms with Crippen LogP contribution in [0.2, 0.25) is 0 Å². The Morgan fingerprint density at radius 1 is 1.27 bits per heavy atom. The van der Waals surface area contributed by atoms with Gasteiger partial charge in [0, 0.05) is 6.54 Å². The van der Waals surface area contributed by atoms with E-state index < -0.39 is 0 Å². The summed E-state index contributed by atoms with van der Waals surface area (Å²) in [5, 5.41) is 0.474. The predicted molar refractivity (Wildman–Crippen MR) is 57.9 cm³/mol. The van der Waals surface area contributed by atoms with Crippen LogP contribution in [0.3, 0.4) is 0 Å². The lowest BCUT2D eigenvalue weighted by Crippen LogP contribution is -2.15. The highest BCUT2D eigenvalue weighted by Crippen LogP contribution is 2.05. The number of rotatable bonds is 1. The van der Waals surface area contributed by atoms with Crippen molar-refractivity contribution in [2.24, 2.45) is 0 Å². The molecular weight excluding hydrogens is 192 g/mol. The number of para-hydroxylation sites is 1. The Balaban J connectivity index is 3.13. The zero-order valence-corrected chi connectivity index (χ0v) is 8.30. The number of hydrogen-bond acceptors (Lipinski definition) is 3. The summed E-state index contributed by atoms with van der Waals surface area (Å²) in [4.78, 5) is 26.7. The molecule has 0 radical (unpaired) electrons. The van der Waals surface area contributed by atoms with E-state index in [4.69, 9.17) is 0 Å². The molecule has 0 aliphatic heterocycles. The van der Waals surface area contributed by atoms with E-state index in [0.29, 0.717) is 17.4 Å². The molecule has 76 valence electrons. The fourth-order valence-corrected chi connectivity index (χ4v) is 1.59. The molecule has 1 aromatic carbocycles. The Hall–Kier alpha value is -1.97. The Bertz CT molecular complexity index is 617. The van der Waals surface area contributed by atoms with Gasteiger partial charge in [0.1, 0.15) is 0 Å². The molecule has 15 heavy (non-hydrogen) atoms. The van der Waals surface area contributed by atoms with E-state index in [1.165, 1.54) is 4.57 Å². The third-order valence-corrected chi connectivity index (χ3v) is 2.30. The smallest absolute Gasteiger partial charge is 0.279 e. The molecule has 4 nitrogen and oxygen atoms in total. The fourth-order valence-electron chi connectivity index (χ4n) is 1.59. The number of aryl methyl sites for hydroxylation is 1. The van der Waals surface area contributed by atoms with Crippen LogP contribution < -0.4 is 11.1 Å². The third-order valence-electron chi connectivity index (χ3n) is 2.30. The first-order valence-corrected chi connectivity index (χ1v) is 4.73. The predicted octanol–water partition coefficient (Wildman–Crippen LogP) is 0.777. The van der Waals surface area contributed by atoms with E-state index in [2.05, 4.69) is 4.98 Å². The quantitative estimate of drug-likeness (QED) is 0.686. The highest BCUT2D eigenvalue weighted by molar-refractivity contribution is 5.77. The summed E-state index contributed by atoms with van der Waals surface area (Å²) in [7, 11) is 0. The van der Waals surface area contributed by atoms with Gasteiger partial charge in [0.25, 0.3) is 11.1 Å². The van der Waals surface area contributed by atoms with E-state index in [9.17, 15) is 9.59 Å². The summed E-state index contributed by atoms with van der Waals surface area (Å²) in [6, 6.07) is 6.99. The van der Waals surface area contributed by atoms with E-state index in [-0.39, 0.29) is 11.1 Å². The van der Waals surface area contributed by atoms with E-state index in [1.54, 1.807) is 24.3 Å². The van der Waals surface area contributed by atoms with Crippen LogP contribution in [0, 0.1) is 0 Å². The van der Waals surface area contributed by atoms with Gasteiger partial charge >= 0.3 is 0 Å². The first kappa shape index (κ1) is 9.58. The number of benzene rings is 1. The summed E-state index contributed by atoms with van der Waals surface area (Å²) < 4.78 is 1.53. The molecule has 1 heterocycles. The van der Waals surface area contributed by atoms with Crippen LogP contribution in [-0.4, -0.2) is 9.55 Å². The summed E-state index contributed by atoms with van der Waals surface area (Å²) in [6.07, 6.45) is 1.08. The Morgan fingerprint density at radius 3 is 2.73 bits per heavy atom. The summed E-state index contributed by atoms with van der Waals surface area (Å²) in [5.41, 5.74) is 0.0122. The van der Waals surface area contributed by atoms with Gasteiger partial charge in [-0.1, -0.05) is 12.1 Å². The topological polar surface area (TPSA) is 52.0 Å². The van der Waals surface area contributed by atoms with Gasteiger partial charge in [-0.3, -0.25) is 9.59 Å². The van der Waals surface area contributed by atoms with Gasteiger partial charge in [-0.05, 0) is 19.1 Å². The van der Waals surface area contributed by atoms with E-state index >= 15 is 0 Å². The Kier molecular flexibility index (Phi) is 2.33. The largest absolute Gasteiger partial charge is 0.307 e. The fraction of sp³-hybridized carbons (Fsp3) is 0.182. The summed E-state index contributed by atoms with van der Waals surface area (Å²) >= 11 is 0. The highest BCUT2D eigenvalue weighted by atomic mass is 16.1. The van der Waals surface area contributed by atoms with Crippen LogP contribution in [0.4, 0.5) is 0 Å². The summed E-state index contributed by atoms with van der Waals surface area (Å²) in [6.45, 7) is 2.38. The average molecular weight is 202 g/mol. The average Bonchev–Trinajstić information content (AvgIpc) is 2.38. The maximum Gasteiger partial charge on any atom is 0.279 e. The molecule has 0 N–H and O–H groups in total. The molecule has 0 fully saturated rings. The van der Waals surface area contributed by atoms with Crippen LogP contribution in [0.15, 0.2) is 40.1 Å². The lowest BCUT2D eigenvalue weighted by molar-refractivity contribution is 0.761. The van der Waals surface area contributed by atoms with Crippen molar-refractivity contribution >= 4 is 10.9 Å². The van der Waals surface area contributed by atoms with Crippen LogP contribution in [-0.2, 0) is 6.54 Å². The minimum atomic E-state index is -0.366. The molecular formula is C11H10N2O2. The van der Waals surface area contributed by atoms with Gasteiger partial charge in [0.15, 0.2) is 0 Å². The molecule has 2 rings (SSSR count). The van der Waals surface area contributed by atoms with Crippen molar-refractivity contribution in [2.75, 3.05) is 0 Å². The molecule has 0 aliphatic carbocycles. The van der Waals surface area contributed by atoms with Crippen molar-refractivity contribution in [3.05, 3.63) is 51.2 Å². The van der Waals surface area contributed by atoms with Crippen molar-refractivity contribution in [2.45, 2.75) is 13.5 Å². The molecule has 0 spiro atoms. The van der Waals surface area contributed by atoms with Gasteiger partial charge < -0.3 is 4.57 Å². The molecule has 0 saturated heterocycles. The second-order valence-corrected chi connectivity index (χ2v) is 3.16. The van der Waals surface area contributed by atoms with Crippen LogP contribution in [0.1, 0.15) is 6.92 Å². The van der Waals surface area contributed by atoms with Gasteiger partial charge in [-0.25, -0.2) is 4.98 Å². The van der Waals surface area contributed by atoms with Crippen molar-refractivity contribution < 1.29 is 0 Å². The number of hydrogen-bond donors (Lipinski definition) is 0. The normalized spacial score (nSPS) is 10.5.